The molecule has 7 heteroatoms. The quantitative estimate of drug-likeness (QED) is 0.759. The minimum atomic E-state index is -0.0324. The summed E-state index contributed by atoms with van der Waals surface area (Å²) in [5.74, 6) is 0.409. The van der Waals surface area contributed by atoms with Crippen LogP contribution in [0.3, 0.4) is 0 Å². The molecule has 1 aromatic heterocycles. The van der Waals surface area contributed by atoms with E-state index in [9.17, 15) is 9.90 Å². The fourth-order valence-corrected chi connectivity index (χ4v) is 3.81. The number of amides is 1. The van der Waals surface area contributed by atoms with Crippen LogP contribution in [0.5, 0.6) is 0 Å². The number of hydrogen-bond acceptors (Lipinski definition) is 6. The zero-order valence-electron chi connectivity index (χ0n) is 14.1. The number of aryl methyl sites for hydroxylation is 1. The van der Waals surface area contributed by atoms with Crippen LogP contribution in [0, 0.1) is 5.92 Å². The van der Waals surface area contributed by atoms with E-state index in [4.69, 9.17) is 0 Å². The number of likely N-dealkylation sites (N-methyl/N-ethyl adjacent to an activating group) is 1. The average molecular weight is 340 g/mol. The SMILES string of the molecule is CCCCc1nnc(NC(=O)CN(C)C2CCC(CO)CC2)s1. The number of nitrogens with one attached hydrogen (secondary N) is 1. The highest BCUT2D eigenvalue weighted by molar-refractivity contribution is 7.15. The summed E-state index contributed by atoms with van der Waals surface area (Å²) < 4.78 is 0. The Kier molecular flexibility index (Phi) is 7.39. The molecule has 0 aromatic carbocycles. The Hall–Kier alpha value is -1.05. The molecule has 23 heavy (non-hydrogen) atoms. The maximum atomic E-state index is 12.2. The second kappa shape index (κ2) is 9.30. The van der Waals surface area contributed by atoms with E-state index >= 15 is 0 Å². The van der Waals surface area contributed by atoms with Crippen LogP contribution in [0.1, 0.15) is 50.5 Å². The van der Waals surface area contributed by atoms with Crippen molar-refractivity contribution >= 4 is 22.4 Å². The third-order valence-electron chi connectivity index (χ3n) is 4.55. The number of aromatic nitrogens is 2. The van der Waals surface area contributed by atoms with Crippen LogP contribution in [0.4, 0.5) is 5.13 Å². The average Bonchev–Trinajstić information content (AvgIpc) is 3.00. The summed E-state index contributed by atoms with van der Waals surface area (Å²) in [5.41, 5.74) is 0. The number of carbonyl (C=O) groups is 1. The molecule has 1 amide bonds. The molecule has 2 rings (SSSR count). The number of rotatable bonds is 8. The highest BCUT2D eigenvalue weighted by Crippen LogP contribution is 2.26. The van der Waals surface area contributed by atoms with Gasteiger partial charge in [0.1, 0.15) is 5.01 Å². The molecular formula is C16H28N4O2S. The second-order valence-electron chi connectivity index (χ2n) is 6.42. The summed E-state index contributed by atoms with van der Waals surface area (Å²) in [5, 5.41) is 21.8. The molecule has 0 atom stereocenters. The molecule has 130 valence electrons. The molecule has 1 aliphatic rings. The van der Waals surface area contributed by atoms with Crippen molar-refractivity contribution in [3.8, 4) is 0 Å². The first-order valence-corrected chi connectivity index (χ1v) is 9.37. The number of aliphatic hydroxyl groups is 1. The molecule has 6 nitrogen and oxygen atoms in total. The standard InChI is InChI=1S/C16H28N4O2S/c1-3-4-5-15-18-19-16(23-15)17-14(22)10-20(2)13-8-6-12(11-21)7-9-13/h12-13,21H,3-11H2,1-2H3,(H,17,19,22). The van der Waals surface area contributed by atoms with Crippen LogP contribution in [-0.2, 0) is 11.2 Å². The Morgan fingerprint density at radius 1 is 1.35 bits per heavy atom. The Balaban J connectivity index is 1.74. The number of hydrogen-bond donors (Lipinski definition) is 2. The molecule has 2 N–H and O–H groups in total. The molecule has 0 unspecified atom stereocenters. The predicted molar refractivity (Wildman–Crippen MR) is 92.6 cm³/mol. The van der Waals surface area contributed by atoms with Crippen molar-refractivity contribution in [1.29, 1.82) is 0 Å². The van der Waals surface area contributed by atoms with Crippen LogP contribution in [-0.4, -0.2) is 52.4 Å². The van der Waals surface area contributed by atoms with Gasteiger partial charge in [-0.25, -0.2) is 0 Å². The van der Waals surface area contributed by atoms with Crippen LogP contribution >= 0.6 is 11.3 Å². The van der Waals surface area contributed by atoms with E-state index in [1.54, 1.807) is 0 Å². The van der Waals surface area contributed by atoms with Gasteiger partial charge in [0.05, 0.1) is 6.54 Å². The smallest absolute Gasteiger partial charge is 0.240 e. The summed E-state index contributed by atoms with van der Waals surface area (Å²) in [7, 11) is 2.00. The van der Waals surface area contributed by atoms with E-state index in [0.29, 0.717) is 23.6 Å². The van der Waals surface area contributed by atoms with Gasteiger partial charge in [-0.1, -0.05) is 24.7 Å². The molecule has 0 radical (unpaired) electrons. The third-order valence-corrected chi connectivity index (χ3v) is 5.45. The zero-order valence-corrected chi connectivity index (χ0v) is 14.9. The molecule has 1 saturated carbocycles. The fourth-order valence-electron chi connectivity index (χ4n) is 3.02. The summed E-state index contributed by atoms with van der Waals surface area (Å²) in [6.45, 7) is 2.81. The summed E-state index contributed by atoms with van der Waals surface area (Å²) in [6, 6.07) is 0.429. The normalized spacial score (nSPS) is 21.6. The van der Waals surface area contributed by atoms with Crippen molar-refractivity contribution in [1.82, 2.24) is 15.1 Å². The molecular weight excluding hydrogens is 312 g/mol. The summed E-state index contributed by atoms with van der Waals surface area (Å²) >= 11 is 1.47. The number of carbonyl (C=O) groups excluding carboxylic acids is 1. The molecule has 1 fully saturated rings. The Bertz CT molecular complexity index is 486. The largest absolute Gasteiger partial charge is 0.396 e. The van der Waals surface area contributed by atoms with Crippen molar-refractivity contribution < 1.29 is 9.90 Å². The number of unbranched alkanes of at least 4 members (excludes halogenated alkanes) is 1. The highest BCUT2D eigenvalue weighted by atomic mass is 32.1. The Morgan fingerprint density at radius 3 is 2.74 bits per heavy atom. The lowest BCUT2D eigenvalue weighted by Crippen LogP contribution is -2.40. The van der Waals surface area contributed by atoms with Gasteiger partial charge >= 0.3 is 0 Å². The van der Waals surface area contributed by atoms with Crippen LogP contribution in [0.2, 0.25) is 0 Å². The minimum absolute atomic E-state index is 0.0324. The van der Waals surface area contributed by atoms with Crippen molar-refractivity contribution in [3.05, 3.63) is 5.01 Å². The number of aliphatic hydroxyl groups excluding tert-OH is 1. The minimum Gasteiger partial charge on any atom is -0.396 e. The first-order chi connectivity index (χ1) is 11.1. The van der Waals surface area contributed by atoms with Gasteiger partial charge in [-0.15, -0.1) is 10.2 Å². The maximum absolute atomic E-state index is 12.2. The molecule has 1 aromatic rings. The lowest BCUT2D eigenvalue weighted by atomic mass is 9.86. The zero-order chi connectivity index (χ0) is 16.7. The van der Waals surface area contributed by atoms with Crippen molar-refractivity contribution in [2.75, 3.05) is 25.5 Å². The Labute approximate surface area is 142 Å². The molecule has 0 spiro atoms. The number of anilines is 1. The molecule has 0 saturated heterocycles. The van der Waals surface area contributed by atoms with E-state index in [0.717, 1.165) is 50.0 Å². The fraction of sp³-hybridized carbons (Fsp3) is 0.812. The lowest BCUT2D eigenvalue weighted by molar-refractivity contribution is -0.117. The lowest BCUT2D eigenvalue weighted by Gasteiger charge is -2.33. The van der Waals surface area contributed by atoms with Gasteiger partial charge < -0.3 is 5.11 Å². The van der Waals surface area contributed by atoms with E-state index in [1.165, 1.54) is 11.3 Å². The van der Waals surface area contributed by atoms with Gasteiger partial charge in [-0.3, -0.25) is 15.0 Å². The van der Waals surface area contributed by atoms with E-state index in [-0.39, 0.29) is 12.5 Å². The van der Waals surface area contributed by atoms with E-state index in [2.05, 4.69) is 27.3 Å². The van der Waals surface area contributed by atoms with E-state index < -0.39 is 0 Å². The molecule has 1 heterocycles. The van der Waals surface area contributed by atoms with Gasteiger partial charge in [-0.05, 0) is 45.1 Å². The van der Waals surface area contributed by atoms with Crippen LogP contribution in [0.15, 0.2) is 0 Å². The number of nitrogens with zero attached hydrogens (tertiary/aromatic N) is 3. The second-order valence-corrected chi connectivity index (χ2v) is 7.49. The first kappa shape index (κ1) is 18.3. The maximum Gasteiger partial charge on any atom is 0.240 e. The van der Waals surface area contributed by atoms with Gasteiger partial charge in [0.15, 0.2) is 0 Å². The Morgan fingerprint density at radius 2 is 2.09 bits per heavy atom. The van der Waals surface area contributed by atoms with Crippen LogP contribution in [0.25, 0.3) is 0 Å². The molecule has 1 aliphatic carbocycles. The van der Waals surface area contributed by atoms with Crippen molar-refractivity contribution in [3.63, 3.8) is 0 Å². The van der Waals surface area contributed by atoms with Gasteiger partial charge in [0.25, 0.3) is 0 Å². The van der Waals surface area contributed by atoms with Gasteiger partial charge in [0, 0.05) is 19.1 Å². The van der Waals surface area contributed by atoms with Gasteiger partial charge in [-0.2, -0.15) is 0 Å². The topological polar surface area (TPSA) is 78.4 Å². The molecule has 0 aliphatic heterocycles. The van der Waals surface area contributed by atoms with Crippen molar-refractivity contribution in [2.45, 2.75) is 57.9 Å². The highest BCUT2D eigenvalue weighted by Gasteiger charge is 2.24. The third kappa shape index (κ3) is 5.82. The van der Waals surface area contributed by atoms with Crippen molar-refractivity contribution in [2.24, 2.45) is 5.92 Å². The summed E-state index contributed by atoms with van der Waals surface area (Å²) in [6.07, 6.45) is 7.35. The summed E-state index contributed by atoms with van der Waals surface area (Å²) in [4.78, 5) is 14.3. The molecule has 0 bridgehead atoms. The monoisotopic (exact) mass is 340 g/mol. The van der Waals surface area contributed by atoms with E-state index in [1.807, 2.05) is 7.05 Å². The van der Waals surface area contributed by atoms with Gasteiger partial charge in [0.2, 0.25) is 11.0 Å². The van der Waals surface area contributed by atoms with Crippen LogP contribution < -0.4 is 5.32 Å². The first-order valence-electron chi connectivity index (χ1n) is 8.55. The predicted octanol–water partition coefficient (Wildman–Crippen LogP) is 2.30.